The molecule has 0 saturated carbocycles. The Bertz CT molecular complexity index is 303. The number of nitrogens with zero attached hydrogens (tertiary/aromatic N) is 1. The average molecular weight is 313 g/mol. The van der Waals surface area contributed by atoms with Crippen molar-refractivity contribution in [2.75, 3.05) is 0 Å². The molecular formula is C7H4Br2ClNO. The summed E-state index contributed by atoms with van der Waals surface area (Å²) in [4.78, 5) is 14.2. The molecule has 12 heavy (non-hydrogen) atoms. The molecule has 0 atom stereocenters. The zero-order valence-electron chi connectivity index (χ0n) is 5.80. The van der Waals surface area contributed by atoms with Gasteiger partial charge in [0.25, 0.3) is 0 Å². The van der Waals surface area contributed by atoms with Crippen molar-refractivity contribution in [3.05, 3.63) is 28.5 Å². The van der Waals surface area contributed by atoms with Crippen molar-refractivity contribution >= 4 is 49.7 Å². The van der Waals surface area contributed by atoms with E-state index in [1.165, 1.54) is 6.20 Å². The van der Waals surface area contributed by atoms with Gasteiger partial charge in [0.2, 0.25) is 0 Å². The quantitative estimate of drug-likeness (QED) is 0.476. The molecule has 0 aliphatic heterocycles. The van der Waals surface area contributed by atoms with Gasteiger partial charge in [-0.05, 0) is 6.07 Å². The molecule has 0 radical (unpaired) electrons. The van der Waals surface area contributed by atoms with E-state index in [0.29, 0.717) is 10.7 Å². The van der Waals surface area contributed by atoms with Crippen molar-refractivity contribution in [3.8, 4) is 0 Å². The van der Waals surface area contributed by atoms with Gasteiger partial charge in [0.05, 0.1) is 3.74 Å². The summed E-state index contributed by atoms with van der Waals surface area (Å²) >= 11 is 12.3. The lowest BCUT2D eigenvalue weighted by Crippen LogP contribution is -1.90. The third-order valence-electron chi connectivity index (χ3n) is 1.26. The second-order valence-corrected chi connectivity index (χ2v) is 5.49. The van der Waals surface area contributed by atoms with Gasteiger partial charge in [-0.15, -0.1) is 0 Å². The largest absolute Gasteiger partial charge is 0.298 e. The van der Waals surface area contributed by atoms with Gasteiger partial charge in [0.1, 0.15) is 5.15 Å². The predicted octanol–water partition coefficient (Wildman–Crippen LogP) is 3.34. The fourth-order valence-corrected chi connectivity index (χ4v) is 1.87. The first-order chi connectivity index (χ1) is 5.65. The van der Waals surface area contributed by atoms with E-state index in [2.05, 4.69) is 36.8 Å². The average Bonchev–Trinajstić information content (AvgIpc) is 2.05. The van der Waals surface area contributed by atoms with Gasteiger partial charge >= 0.3 is 0 Å². The first-order valence-corrected chi connectivity index (χ1v) is 5.25. The SMILES string of the molecule is O=Cc1cnc(Cl)c(C(Br)Br)c1. The number of alkyl halides is 2. The maximum absolute atomic E-state index is 10.4. The highest BCUT2D eigenvalue weighted by Crippen LogP contribution is 2.33. The molecule has 1 aromatic heterocycles. The van der Waals surface area contributed by atoms with Crippen LogP contribution in [-0.4, -0.2) is 11.3 Å². The maximum atomic E-state index is 10.4. The van der Waals surface area contributed by atoms with Gasteiger partial charge in [0.15, 0.2) is 6.29 Å². The van der Waals surface area contributed by atoms with E-state index in [1.807, 2.05) is 0 Å². The van der Waals surface area contributed by atoms with Crippen LogP contribution in [0, 0.1) is 0 Å². The summed E-state index contributed by atoms with van der Waals surface area (Å²) in [6.45, 7) is 0. The van der Waals surface area contributed by atoms with Crippen molar-refractivity contribution in [1.29, 1.82) is 0 Å². The Kier molecular flexibility index (Phi) is 3.68. The molecule has 0 saturated heterocycles. The number of aldehydes is 1. The Morgan fingerprint density at radius 2 is 2.25 bits per heavy atom. The van der Waals surface area contributed by atoms with Gasteiger partial charge in [0, 0.05) is 17.3 Å². The third kappa shape index (κ3) is 2.28. The van der Waals surface area contributed by atoms with E-state index in [4.69, 9.17) is 11.6 Å². The van der Waals surface area contributed by atoms with Crippen LogP contribution < -0.4 is 0 Å². The standard InChI is InChI=1S/C7H4Br2ClNO/c8-6(9)5-1-4(3-12)2-11-7(5)10/h1-3,6H. The van der Waals surface area contributed by atoms with Gasteiger partial charge in [-0.3, -0.25) is 4.79 Å². The summed E-state index contributed by atoms with van der Waals surface area (Å²) in [6, 6.07) is 1.68. The number of carbonyl (C=O) groups excluding carboxylic acids is 1. The van der Waals surface area contributed by atoms with Gasteiger partial charge in [-0.1, -0.05) is 43.5 Å². The predicted molar refractivity (Wildman–Crippen MR) is 55.2 cm³/mol. The summed E-state index contributed by atoms with van der Waals surface area (Å²) in [5, 5.41) is 0.388. The molecule has 0 amide bonds. The number of halogens is 3. The van der Waals surface area contributed by atoms with Crippen LogP contribution in [0.25, 0.3) is 0 Å². The number of carbonyl (C=O) groups is 1. The van der Waals surface area contributed by atoms with Crippen LogP contribution in [0.4, 0.5) is 0 Å². The van der Waals surface area contributed by atoms with E-state index >= 15 is 0 Å². The van der Waals surface area contributed by atoms with E-state index in [-0.39, 0.29) is 3.74 Å². The Morgan fingerprint density at radius 1 is 1.58 bits per heavy atom. The van der Waals surface area contributed by atoms with Crippen LogP contribution in [0.1, 0.15) is 19.7 Å². The first kappa shape index (κ1) is 10.2. The second-order valence-electron chi connectivity index (χ2n) is 2.07. The Morgan fingerprint density at radius 3 is 2.75 bits per heavy atom. The lowest BCUT2D eigenvalue weighted by molar-refractivity contribution is 0.112. The fraction of sp³-hybridized carbons (Fsp3) is 0.143. The van der Waals surface area contributed by atoms with Crippen LogP contribution in [0.5, 0.6) is 0 Å². The summed E-state index contributed by atoms with van der Waals surface area (Å²) in [5.41, 5.74) is 1.26. The van der Waals surface area contributed by atoms with Crippen molar-refractivity contribution < 1.29 is 4.79 Å². The Hall–Kier alpha value is 0.0700. The van der Waals surface area contributed by atoms with Crippen molar-refractivity contribution in [1.82, 2.24) is 4.98 Å². The maximum Gasteiger partial charge on any atom is 0.151 e. The third-order valence-corrected chi connectivity index (χ3v) is 2.56. The molecule has 0 bridgehead atoms. The fourth-order valence-electron chi connectivity index (χ4n) is 0.700. The molecule has 0 spiro atoms. The molecule has 0 fully saturated rings. The monoisotopic (exact) mass is 311 g/mol. The summed E-state index contributed by atoms with van der Waals surface area (Å²) < 4.78 is -0.0788. The number of aromatic nitrogens is 1. The highest BCUT2D eigenvalue weighted by atomic mass is 79.9. The molecule has 0 aliphatic carbocycles. The minimum absolute atomic E-state index is 0.0788. The zero-order chi connectivity index (χ0) is 9.14. The summed E-state index contributed by atoms with van der Waals surface area (Å²) in [5.74, 6) is 0. The Balaban J connectivity index is 3.16. The topological polar surface area (TPSA) is 30.0 Å². The molecule has 0 aromatic carbocycles. The molecule has 5 heteroatoms. The van der Waals surface area contributed by atoms with Crippen LogP contribution in [0.15, 0.2) is 12.3 Å². The molecular weight excluding hydrogens is 309 g/mol. The normalized spacial score (nSPS) is 10.3. The molecule has 0 aliphatic rings. The lowest BCUT2D eigenvalue weighted by Gasteiger charge is -2.03. The van der Waals surface area contributed by atoms with Gasteiger partial charge in [-0.2, -0.15) is 0 Å². The molecule has 0 unspecified atom stereocenters. The van der Waals surface area contributed by atoms with Crippen LogP contribution in [0.3, 0.4) is 0 Å². The van der Waals surface area contributed by atoms with Crippen LogP contribution in [0.2, 0.25) is 5.15 Å². The number of pyridine rings is 1. The van der Waals surface area contributed by atoms with Crippen molar-refractivity contribution in [2.45, 2.75) is 3.74 Å². The molecule has 1 heterocycles. The minimum Gasteiger partial charge on any atom is -0.298 e. The van der Waals surface area contributed by atoms with E-state index in [9.17, 15) is 4.79 Å². The van der Waals surface area contributed by atoms with Gasteiger partial charge in [-0.25, -0.2) is 4.98 Å². The highest BCUT2D eigenvalue weighted by Gasteiger charge is 2.09. The molecule has 1 rings (SSSR count). The minimum atomic E-state index is -0.0788. The zero-order valence-corrected chi connectivity index (χ0v) is 9.73. The smallest absolute Gasteiger partial charge is 0.151 e. The van der Waals surface area contributed by atoms with Crippen molar-refractivity contribution in [3.63, 3.8) is 0 Å². The molecule has 1 aromatic rings. The molecule has 0 N–H and O–H groups in total. The summed E-state index contributed by atoms with van der Waals surface area (Å²) in [6.07, 6.45) is 2.16. The van der Waals surface area contributed by atoms with Crippen LogP contribution in [-0.2, 0) is 0 Å². The molecule has 2 nitrogen and oxygen atoms in total. The number of hydrogen-bond acceptors (Lipinski definition) is 2. The Labute approximate surface area is 91.6 Å². The van der Waals surface area contributed by atoms with E-state index in [0.717, 1.165) is 11.8 Å². The summed E-state index contributed by atoms with van der Waals surface area (Å²) in [7, 11) is 0. The van der Waals surface area contributed by atoms with E-state index < -0.39 is 0 Å². The number of hydrogen-bond donors (Lipinski definition) is 0. The second kappa shape index (κ2) is 4.35. The highest BCUT2D eigenvalue weighted by molar-refractivity contribution is 9.24. The van der Waals surface area contributed by atoms with E-state index in [1.54, 1.807) is 6.07 Å². The lowest BCUT2D eigenvalue weighted by atomic mass is 10.2. The van der Waals surface area contributed by atoms with Crippen molar-refractivity contribution in [2.24, 2.45) is 0 Å². The van der Waals surface area contributed by atoms with Crippen LogP contribution >= 0.6 is 43.5 Å². The first-order valence-electron chi connectivity index (χ1n) is 3.04. The number of rotatable bonds is 2. The molecule has 64 valence electrons. The van der Waals surface area contributed by atoms with Gasteiger partial charge < -0.3 is 0 Å².